The molecule has 1 aromatic carbocycles. The maximum atomic E-state index is 12.5. The summed E-state index contributed by atoms with van der Waals surface area (Å²) in [5.41, 5.74) is 4.06. The van der Waals surface area contributed by atoms with Gasteiger partial charge in [-0.1, -0.05) is 6.92 Å². The van der Waals surface area contributed by atoms with Crippen LogP contribution >= 0.6 is 0 Å². The minimum atomic E-state index is -0.968. The van der Waals surface area contributed by atoms with E-state index in [1.165, 1.54) is 0 Å². The Labute approximate surface area is 163 Å². The summed E-state index contributed by atoms with van der Waals surface area (Å²) in [6.45, 7) is 5.86. The van der Waals surface area contributed by atoms with Crippen LogP contribution in [0.25, 0.3) is 0 Å². The lowest BCUT2D eigenvalue weighted by atomic mass is 9.98. The van der Waals surface area contributed by atoms with Gasteiger partial charge in [0, 0.05) is 36.5 Å². The van der Waals surface area contributed by atoms with Crippen LogP contribution in [-0.4, -0.2) is 39.2 Å². The van der Waals surface area contributed by atoms with Gasteiger partial charge in [0.2, 0.25) is 5.91 Å². The summed E-state index contributed by atoms with van der Waals surface area (Å²) >= 11 is 0. The number of hydrogen-bond acceptors (Lipinski definition) is 4. The fourth-order valence-electron chi connectivity index (χ4n) is 2.87. The highest BCUT2D eigenvalue weighted by molar-refractivity contribution is 5.96. The second-order valence-corrected chi connectivity index (χ2v) is 6.84. The lowest BCUT2D eigenvalue weighted by Crippen LogP contribution is -2.26. The number of aryl methyl sites for hydroxylation is 2. The van der Waals surface area contributed by atoms with Crippen molar-refractivity contribution in [1.29, 1.82) is 0 Å². The molecule has 0 saturated carbocycles. The van der Waals surface area contributed by atoms with Crippen molar-refractivity contribution in [2.45, 2.75) is 33.6 Å². The van der Waals surface area contributed by atoms with Crippen molar-refractivity contribution in [2.75, 3.05) is 11.9 Å². The van der Waals surface area contributed by atoms with Crippen molar-refractivity contribution in [1.82, 2.24) is 15.1 Å². The summed E-state index contributed by atoms with van der Waals surface area (Å²) in [4.78, 5) is 34.9. The maximum absolute atomic E-state index is 12.5. The summed E-state index contributed by atoms with van der Waals surface area (Å²) in [7, 11) is 1.88. The van der Waals surface area contributed by atoms with Gasteiger partial charge in [-0.25, -0.2) is 0 Å². The zero-order valence-corrected chi connectivity index (χ0v) is 16.6. The molecule has 0 radical (unpaired) electrons. The summed E-state index contributed by atoms with van der Waals surface area (Å²) < 4.78 is 1.82. The molecule has 150 valence electrons. The number of rotatable bonds is 8. The van der Waals surface area contributed by atoms with E-state index >= 15 is 0 Å². The highest BCUT2D eigenvalue weighted by Crippen LogP contribution is 2.18. The number of hydrogen-bond donors (Lipinski definition) is 3. The molecule has 0 aliphatic heterocycles. The Bertz CT molecular complexity index is 871. The van der Waals surface area contributed by atoms with E-state index in [-0.39, 0.29) is 30.7 Å². The molecular formula is C20H26N4O4. The predicted molar refractivity (Wildman–Crippen MR) is 105 cm³/mol. The Morgan fingerprint density at radius 2 is 1.82 bits per heavy atom. The number of carboxylic acids is 1. The van der Waals surface area contributed by atoms with Gasteiger partial charge in [-0.05, 0) is 50.1 Å². The van der Waals surface area contributed by atoms with Gasteiger partial charge in [0.15, 0.2) is 0 Å². The van der Waals surface area contributed by atoms with E-state index in [0.29, 0.717) is 17.7 Å². The number of aromatic nitrogens is 2. The van der Waals surface area contributed by atoms with Gasteiger partial charge in [-0.2, -0.15) is 5.10 Å². The summed E-state index contributed by atoms with van der Waals surface area (Å²) in [6, 6.07) is 6.48. The van der Waals surface area contributed by atoms with Crippen LogP contribution in [0.4, 0.5) is 5.69 Å². The molecule has 2 rings (SSSR count). The molecule has 0 fully saturated rings. The first-order chi connectivity index (χ1) is 13.2. The molecule has 8 heteroatoms. The van der Waals surface area contributed by atoms with Crippen LogP contribution in [0.2, 0.25) is 0 Å². The number of carbonyl (C=O) groups excluding carboxylic acids is 2. The van der Waals surface area contributed by atoms with Gasteiger partial charge in [0.1, 0.15) is 0 Å². The molecule has 3 N–H and O–H groups in total. The third-order valence-electron chi connectivity index (χ3n) is 4.66. The van der Waals surface area contributed by atoms with E-state index in [4.69, 9.17) is 5.11 Å². The molecule has 0 bridgehead atoms. The van der Waals surface area contributed by atoms with E-state index in [0.717, 1.165) is 17.0 Å². The van der Waals surface area contributed by atoms with E-state index < -0.39 is 5.97 Å². The third-order valence-corrected chi connectivity index (χ3v) is 4.66. The average molecular weight is 386 g/mol. The standard InChI is InChI=1S/C20H26N4O4/c1-12(11-17-13(2)23-24(4)14(17)3)19(27)22-16-7-5-15(6-8-16)20(28)21-10-9-18(25)26/h5-8,12H,9-11H2,1-4H3,(H,21,28)(H,22,27)(H,25,26). The van der Waals surface area contributed by atoms with Crippen molar-refractivity contribution >= 4 is 23.5 Å². The van der Waals surface area contributed by atoms with E-state index in [9.17, 15) is 14.4 Å². The third kappa shape index (κ3) is 5.42. The van der Waals surface area contributed by atoms with Gasteiger partial charge in [0.25, 0.3) is 5.91 Å². The van der Waals surface area contributed by atoms with Gasteiger partial charge >= 0.3 is 5.97 Å². The molecule has 0 aliphatic rings. The second-order valence-electron chi connectivity index (χ2n) is 6.84. The average Bonchev–Trinajstić information content (AvgIpc) is 2.88. The molecule has 8 nitrogen and oxygen atoms in total. The number of anilines is 1. The van der Waals surface area contributed by atoms with Gasteiger partial charge < -0.3 is 15.7 Å². The predicted octanol–water partition coefficient (Wildman–Crippen LogP) is 2.06. The highest BCUT2D eigenvalue weighted by atomic mass is 16.4. The maximum Gasteiger partial charge on any atom is 0.305 e. The SMILES string of the molecule is Cc1nn(C)c(C)c1CC(C)C(=O)Nc1ccc(C(=O)NCCC(=O)O)cc1. The largest absolute Gasteiger partial charge is 0.481 e. The number of amides is 2. The van der Waals surface area contributed by atoms with E-state index in [1.807, 2.05) is 32.5 Å². The van der Waals surface area contributed by atoms with Crippen LogP contribution in [-0.2, 0) is 23.1 Å². The fraction of sp³-hybridized carbons (Fsp3) is 0.400. The van der Waals surface area contributed by atoms with Gasteiger partial charge in [0.05, 0.1) is 12.1 Å². The van der Waals surface area contributed by atoms with Crippen molar-refractivity contribution in [3.63, 3.8) is 0 Å². The molecule has 1 heterocycles. The van der Waals surface area contributed by atoms with Crippen molar-refractivity contribution in [3.05, 3.63) is 46.8 Å². The topological polar surface area (TPSA) is 113 Å². The number of benzene rings is 1. The lowest BCUT2D eigenvalue weighted by molar-refractivity contribution is -0.136. The monoisotopic (exact) mass is 386 g/mol. The Morgan fingerprint density at radius 3 is 2.36 bits per heavy atom. The molecule has 0 saturated heterocycles. The molecule has 0 aliphatic carbocycles. The van der Waals surface area contributed by atoms with Crippen molar-refractivity contribution < 1.29 is 19.5 Å². The molecular weight excluding hydrogens is 360 g/mol. The first kappa shape index (κ1) is 21.1. The summed E-state index contributed by atoms with van der Waals surface area (Å²) in [5.74, 6) is -1.67. The van der Waals surface area contributed by atoms with Gasteiger partial charge in [-0.15, -0.1) is 0 Å². The van der Waals surface area contributed by atoms with E-state index in [1.54, 1.807) is 24.3 Å². The van der Waals surface area contributed by atoms with Crippen LogP contribution in [0.15, 0.2) is 24.3 Å². The van der Waals surface area contributed by atoms with Crippen LogP contribution in [0.1, 0.15) is 40.7 Å². The Hall–Kier alpha value is -3.16. The zero-order valence-electron chi connectivity index (χ0n) is 16.6. The number of aliphatic carboxylic acids is 1. The summed E-state index contributed by atoms with van der Waals surface area (Å²) in [5, 5.41) is 18.4. The Morgan fingerprint density at radius 1 is 1.18 bits per heavy atom. The van der Waals surface area contributed by atoms with Crippen LogP contribution in [0.3, 0.4) is 0 Å². The molecule has 1 unspecified atom stereocenters. The Kier molecular flexibility index (Phi) is 6.92. The van der Waals surface area contributed by atoms with Gasteiger partial charge in [-0.3, -0.25) is 19.1 Å². The zero-order chi connectivity index (χ0) is 20.8. The number of nitrogens with zero attached hydrogens (tertiary/aromatic N) is 2. The highest BCUT2D eigenvalue weighted by Gasteiger charge is 2.18. The van der Waals surface area contributed by atoms with E-state index in [2.05, 4.69) is 15.7 Å². The Balaban J connectivity index is 1.92. The van der Waals surface area contributed by atoms with Crippen LogP contribution in [0.5, 0.6) is 0 Å². The van der Waals surface area contributed by atoms with Crippen molar-refractivity contribution in [2.24, 2.45) is 13.0 Å². The van der Waals surface area contributed by atoms with Crippen LogP contribution in [0, 0.1) is 19.8 Å². The summed E-state index contributed by atoms with van der Waals surface area (Å²) in [6.07, 6.45) is 0.467. The molecule has 1 atom stereocenters. The normalized spacial score (nSPS) is 11.7. The van der Waals surface area contributed by atoms with Crippen molar-refractivity contribution in [3.8, 4) is 0 Å². The lowest BCUT2D eigenvalue weighted by Gasteiger charge is -2.13. The molecule has 28 heavy (non-hydrogen) atoms. The second kappa shape index (κ2) is 9.16. The first-order valence-electron chi connectivity index (χ1n) is 9.09. The molecule has 2 aromatic rings. The molecule has 2 amide bonds. The first-order valence-corrected chi connectivity index (χ1v) is 9.09. The minimum absolute atomic E-state index is 0.0668. The number of nitrogens with one attached hydrogen (secondary N) is 2. The fourth-order valence-corrected chi connectivity index (χ4v) is 2.87. The number of carbonyl (C=O) groups is 3. The smallest absolute Gasteiger partial charge is 0.305 e. The molecule has 0 spiro atoms. The molecule has 1 aromatic heterocycles. The quantitative estimate of drug-likeness (QED) is 0.643. The minimum Gasteiger partial charge on any atom is -0.481 e. The van der Waals surface area contributed by atoms with Crippen LogP contribution < -0.4 is 10.6 Å². The number of carboxylic acid groups (broad SMARTS) is 1.